The average Bonchev–Trinajstić information content (AvgIpc) is 2.34. The van der Waals surface area contributed by atoms with E-state index in [-0.39, 0.29) is 14.4 Å². The van der Waals surface area contributed by atoms with Crippen LogP contribution in [0, 0.1) is 0 Å². The van der Waals surface area contributed by atoms with E-state index in [0.29, 0.717) is 12.2 Å². The van der Waals surface area contributed by atoms with E-state index in [1.54, 1.807) is 6.07 Å². The minimum Gasteiger partial charge on any atom is -0.457 e. The quantitative estimate of drug-likeness (QED) is 0.387. The summed E-state index contributed by atoms with van der Waals surface area (Å²) in [5.74, 6) is -0.199. The van der Waals surface area contributed by atoms with Crippen LogP contribution in [0.5, 0.6) is 0 Å². The van der Waals surface area contributed by atoms with Gasteiger partial charge in [0.25, 0.3) is 0 Å². The average molecular weight is 148 g/mol. The summed E-state index contributed by atoms with van der Waals surface area (Å²) in [6.45, 7) is 0.439. The van der Waals surface area contributed by atoms with Crippen molar-refractivity contribution >= 4 is 14.4 Å². The Morgan fingerprint density at radius 3 is 2.73 bits per heavy atom. The number of rotatable bonds is 0. The normalized spacial score (nSPS) is 13.3. The predicted molar refractivity (Wildman–Crippen MR) is 45.5 cm³/mol. The Balaban J connectivity index is 0.000000605. The van der Waals surface area contributed by atoms with Crippen LogP contribution >= 0.6 is 0 Å². The summed E-state index contributed by atoms with van der Waals surface area (Å²) in [6.07, 6.45) is 0. The summed E-state index contributed by atoms with van der Waals surface area (Å²) in [6, 6.07) is 7.43. The maximum atomic E-state index is 10.8. The van der Waals surface area contributed by atoms with Crippen molar-refractivity contribution in [3.63, 3.8) is 0 Å². The van der Waals surface area contributed by atoms with Crippen LogP contribution in [0.3, 0.4) is 0 Å². The molecule has 0 N–H and O–H groups in total. The largest absolute Gasteiger partial charge is 0.457 e. The first-order valence-electron chi connectivity index (χ1n) is 3.13. The molecule has 11 heavy (non-hydrogen) atoms. The number of benzene rings is 1. The number of hydrogen-bond acceptors (Lipinski definition) is 2. The highest BCUT2D eigenvalue weighted by Crippen LogP contribution is 2.17. The van der Waals surface area contributed by atoms with Crippen molar-refractivity contribution in [2.24, 2.45) is 0 Å². The second kappa shape index (κ2) is 2.78. The van der Waals surface area contributed by atoms with E-state index in [1.807, 2.05) is 18.2 Å². The lowest BCUT2D eigenvalue weighted by Crippen LogP contribution is -1.91. The Kier molecular flexibility index (Phi) is 1.99. The van der Waals surface area contributed by atoms with Crippen molar-refractivity contribution in [2.75, 3.05) is 0 Å². The maximum Gasteiger partial charge on any atom is 0.338 e. The highest BCUT2D eigenvalue weighted by atomic mass is 16.5. The molecule has 0 spiro atoms. The number of ether oxygens (including phenoxy) is 1. The second-order valence-electron chi connectivity index (χ2n) is 2.23. The minimum absolute atomic E-state index is 0. The molecule has 1 heterocycles. The van der Waals surface area contributed by atoms with Crippen LogP contribution in [-0.4, -0.2) is 14.4 Å². The Morgan fingerprint density at radius 2 is 2.00 bits per heavy atom. The molecular weight excluding hydrogens is 139 g/mol. The SMILES string of the molecule is B.O=C1OCc2ccccc21. The van der Waals surface area contributed by atoms with Crippen LogP contribution < -0.4 is 0 Å². The second-order valence-corrected chi connectivity index (χ2v) is 2.23. The van der Waals surface area contributed by atoms with Crippen molar-refractivity contribution in [3.8, 4) is 0 Å². The third-order valence-electron chi connectivity index (χ3n) is 1.60. The first kappa shape index (κ1) is 7.86. The van der Waals surface area contributed by atoms with Crippen LogP contribution in [-0.2, 0) is 11.3 Å². The smallest absolute Gasteiger partial charge is 0.338 e. The van der Waals surface area contributed by atoms with Crippen molar-refractivity contribution in [3.05, 3.63) is 35.4 Å². The fourth-order valence-electron chi connectivity index (χ4n) is 1.07. The van der Waals surface area contributed by atoms with Gasteiger partial charge in [0.2, 0.25) is 0 Å². The molecule has 0 amide bonds. The lowest BCUT2D eigenvalue weighted by molar-refractivity contribution is 0.0535. The van der Waals surface area contributed by atoms with Crippen LogP contribution in [0.15, 0.2) is 24.3 Å². The molecule has 2 nitrogen and oxygen atoms in total. The van der Waals surface area contributed by atoms with Gasteiger partial charge in [-0.25, -0.2) is 4.79 Å². The molecule has 0 saturated carbocycles. The molecule has 3 heteroatoms. The van der Waals surface area contributed by atoms with Gasteiger partial charge in [-0.1, -0.05) is 18.2 Å². The molecule has 0 atom stereocenters. The van der Waals surface area contributed by atoms with Crippen molar-refractivity contribution in [2.45, 2.75) is 6.61 Å². The molecule has 1 aromatic rings. The van der Waals surface area contributed by atoms with Crippen LogP contribution in [0.2, 0.25) is 0 Å². The fraction of sp³-hybridized carbons (Fsp3) is 0.125. The molecule has 0 fully saturated rings. The zero-order chi connectivity index (χ0) is 6.97. The molecular formula is C8H9BO2. The summed E-state index contributed by atoms with van der Waals surface area (Å²) in [5, 5.41) is 0. The van der Waals surface area contributed by atoms with Gasteiger partial charge >= 0.3 is 5.97 Å². The summed E-state index contributed by atoms with van der Waals surface area (Å²) >= 11 is 0. The van der Waals surface area contributed by atoms with E-state index >= 15 is 0 Å². The Labute approximate surface area is 66.8 Å². The summed E-state index contributed by atoms with van der Waals surface area (Å²) < 4.78 is 4.78. The van der Waals surface area contributed by atoms with E-state index < -0.39 is 0 Å². The van der Waals surface area contributed by atoms with Gasteiger partial charge in [-0.15, -0.1) is 0 Å². The molecule has 1 aromatic carbocycles. The van der Waals surface area contributed by atoms with Crippen LogP contribution in [0.1, 0.15) is 15.9 Å². The maximum absolute atomic E-state index is 10.8. The van der Waals surface area contributed by atoms with Gasteiger partial charge in [-0.3, -0.25) is 0 Å². The third kappa shape index (κ3) is 1.14. The molecule has 0 aliphatic carbocycles. The molecule has 0 unspecified atom stereocenters. The van der Waals surface area contributed by atoms with Gasteiger partial charge in [-0.2, -0.15) is 0 Å². The van der Waals surface area contributed by atoms with Gasteiger partial charge in [0.1, 0.15) is 6.61 Å². The molecule has 56 valence electrons. The van der Waals surface area contributed by atoms with Crippen molar-refractivity contribution in [1.29, 1.82) is 0 Å². The fourth-order valence-corrected chi connectivity index (χ4v) is 1.07. The van der Waals surface area contributed by atoms with E-state index in [9.17, 15) is 4.79 Å². The standard InChI is InChI=1S/C8H6O2.BH3/c9-8-7-4-2-1-3-6(7)5-10-8;/h1-4H,5H2;1H3. The lowest BCUT2D eigenvalue weighted by atomic mass is 10.1. The molecule has 0 aromatic heterocycles. The van der Waals surface area contributed by atoms with Gasteiger partial charge in [0.15, 0.2) is 0 Å². The Hall–Kier alpha value is -1.25. The highest BCUT2D eigenvalue weighted by molar-refractivity contribution is 5.93. The van der Waals surface area contributed by atoms with Gasteiger partial charge < -0.3 is 4.74 Å². The lowest BCUT2D eigenvalue weighted by Gasteiger charge is -1.87. The molecule has 1 aliphatic rings. The number of carbonyl (C=O) groups is 1. The highest BCUT2D eigenvalue weighted by Gasteiger charge is 2.18. The monoisotopic (exact) mass is 148 g/mol. The molecule has 0 saturated heterocycles. The summed E-state index contributed by atoms with van der Waals surface area (Å²) in [7, 11) is 0. The number of cyclic esters (lactones) is 1. The summed E-state index contributed by atoms with van der Waals surface area (Å²) in [5.41, 5.74) is 1.70. The molecule has 1 aliphatic heterocycles. The Morgan fingerprint density at radius 1 is 1.27 bits per heavy atom. The zero-order valence-electron chi connectivity index (χ0n) is 5.33. The van der Waals surface area contributed by atoms with E-state index in [1.165, 1.54) is 0 Å². The van der Waals surface area contributed by atoms with E-state index in [4.69, 9.17) is 4.74 Å². The first-order valence-corrected chi connectivity index (χ1v) is 3.13. The number of fused-ring (bicyclic) bond motifs is 1. The number of carbonyl (C=O) groups excluding carboxylic acids is 1. The van der Waals surface area contributed by atoms with E-state index in [0.717, 1.165) is 5.56 Å². The zero-order valence-corrected chi connectivity index (χ0v) is 5.33. The summed E-state index contributed by atoms with van der Waals surface area (Å²) in [4.78, 5) is 10.8. The van der Waals surface area contributed by atoms with E-state index in [2.05, 4.69) is 0 Å². The van der Waals surface area contributed by atoms with Gasteiger partial charge in [-0.05, 0) is 6.07 Å². The van der Waals surface area contributed by atoms with Crippen molar-refractivity contribution < 1.29 is 9.53 Å². The van der Waals surface area contributed by atoms with Gasteiger partial charge in [0.05, 0.1) is 14.0 Å². The minimum atomic E-state index is -0.199. The first-order chi connectivity index (χ1) is 4.88. The topological polar surface area (TPSA) is 26.3 Å². The molecule has 0 radical (unpaired) electrons. The third-order valence-corrected chi connectivity index (χ3v) is 1.60. The van der Waals surface area contributed by atoms with Crippen molar-refractivity contribution in [1.82, 2.24) is 0 Å². The van der Waals surface area contributed by atoms with Gasteiger partial charge in [0, 0.05) is 5.56 Å². The number of hydrogen-bond donors (Lipinski definition) is 0. The predicted octanol–water partition coefficient (Wildman–Crippen LogP) is 0.173. The number of esters is 1. The molecule has 0 bridgehead atoms. The molecule has 2 rings (SSSR count). The van der Waals surface area contributed by atoms with Crippen LogP contribution in [0.25, 0.3) is 0 Å². The van der Waals surface area contributed by atoms with Crippen LogP contribution in [0.4, 0.5) is 0 Å². The Bertz CT molecular complexity index is 283.